The molecule has 5 heteroatoms. The number of H-pyrrole nitrogens is 1. The lowest BCUT2D eigenvalue weighted by molar-refractivity contribution is 0.340. The van der Waals surface area contributed by atoms with Crippen LogP contribution in [0.3, 0.4) is 0 Å². The number of nitrogens with one attached hydrogen (secondary N) is 2. The van der Waals surface area contributed by atoms with E-state index in [4.69, 9.17) is 0 Å². The van der Waals surface area contributed by atoms with E-state index in [1.165, 1.54) is 32.2 Å². The number of nitrogens with zero attached hydrogens (tertiary/aromatic N) is 3. The molecule has 5 nitrogen and oxygen atoms in total. The summed E-state index contributed by atoms with van der Waals surface area (Å²) in [4.78, 5) is 6.99. The minimum absolute atomic E-state index is 0.659. The molecule has 0 amide bonds. The van der Waals surface area contributed by atoms with Gasteiger partial charge in [-0.1, -0.05) is 0 Å². The minimum atomic E-state index is 0.659. The maximum atomic E-state index is 4.64. The van der Waals surface area contributed by atoms with Gasteiger partial charge in [-0.15, -0.1) is 5.10 Å². The van der Waals surface area contributed by atoms with Crippen LogP contribution < -0.4 is 10.2 Å². The fourth-order valence-corrected chi connectivity index (χ4v) is 3.16. The Kier molecular flexibility index (Phi) is 2.15. The number of hydrogen-bond donors (Lipinski definition) is 2. The van der Waals surface area contributed by atoms with E-state index >= 15 is 0 Å². The number of anilines is 1. The van der Waals surface area contributed by atoms with Gasteiger partial charge >= 0.3 is 0 Å². The fraction of sp³-hybridized carbons (Fsp3) is 0.833. The monoisotopic (exact) mass is 233 g/mol. The zero-order chi connectivity index (χ0) is 11.2. The van der Waals surface area contributed by atoms with Crippen LogP contribution in [0.2, 0.25) is 0 Å². The van der Waals surface area contributed by atoms with Crippen molar-refractivity contribution in [2.45, 2.75) is 37.6 Å². The van der Waals surface area contributed by atoms with E-state index in [0.29, 0.717) is 12.0 Å². The average molecular weight is 233 g/mol. The first-order valence-corrected chi connectivity index (χ1v) is 6.81. The third kappa shape index (κ3) is 1.73. The second kappa shape index (κ2) is 3.70. The highest BCUT2D eigenvalue weighted by molar-refractivity contribution is 5.33. The number of piperidine rings is 1. The zero-order valence-corrected chi connectivity index (χ0v) is 10.0. The molecule has 0 radical (unpaired) electrons. The molecule has 2 unspecified atom stereocenters. The molecule has 3 heterocycles. The summed E-state index contributed by atoms with van der Waals surface area (Å²) in [6.45, 7) is 3.38. The van der Waals surface area contributed by atoms with Gasteiger partial charge in [0.1, 0.15) is 5.82 Å². The molecule has 3 aliphatic rings. The molecule has 17 heavy (non-hydrogen) atoms. The molecule has 0 bridgehead atoms. The Bertz CT molecular complexity index is 397. The summed E-state index contributed by atoms with van der Waals surface area (Å²) < 4.78 is 0. The molecule has 1 aromatic rings. The van der Waals surface area contributed by atoms with Gasteiger partial charge in [-0.25, -0.2) is 0 Å². The van der Waals surface area contributed by atoms with Crippen LogP contribution in [0.25, 0.3) is 0 Å². The van der Waals surface area contributed by atoms with Crippen LogP contribution in [0.4, 0.5) is 5.95 Å². The number of fused-ring (bicyclic) bond motifs is 1. The average Bonchev–Trinajstić information content (AvgIpc) is 2.94. The Balaban J connectivity index is 1.50. The first kappa shape index (κ1) is 9.88. The number of rotatable bonds is 2. The lowest BCUT2D eigenvalue weighted by Gasteiger charge is -2.24. The topological polar surface area (TPSA) is 56.8 Å². The predicted molar refractivity (Wildman–Crippen MR) is 65.1 cm³/mol. The molecule has 92 valence electrons. The van der Waals surface area contributed by atoms with Crippen molar-refractivity contribution in [2.75, 3.05) is 24.5 Å². The summed E-state index contributed by atoms with van der Waals surface area (Å²) in [6, 6.07) is 0.659. The smallest absolute Gasteiger partial charge is 0.244 e. The third-order valence-corrected chi connectivity index (χ3v) is 4.34. The van der Waals surface area contributed by atoms with Crippen molar-refractivity contribution < 1.29 is 0 Å². The van der Waals surface area contributed by atoms with Gasteiger partial charge in [-0.2, -0.15) is 4.98 Å². The van der Waals surface area contributed by atoms with Gasteiger partial charge in [0.2, 0.25) is 5.95 Å². The summed E-state index contributed by atoms with van der Waals surface area (Å²) >= 11 is 0. The third-order valence-electron chi connectivity index (χ3n) is 4.34. The Hall–Kier alpha value is -1.10. The van der Waals surface area contributed by atoms with Crippen LogP contribution in [0.5, 0.6) is 0 Å². The Morgan fingerprint density at radius 1 is 1.18 bits per heavy atom. The van der Waals surface area contributed by atoms with E-state index in [0.717, 1.165) is 30.8 Å². The molecule has 1 aromatic heterocycles. The Labute approximate surface area is 101 Å². The summed E-state index contributed by atoms with van der Waals surface area (Å²) in [7, 11) is 0. The maximum absolute atomic E-state index is 4.64. The van der Waals surface area contributed by atoms with E-state index in [9.17, 15) is 0 Å². The summed E-state index contributed by atoms with van der Waals surface area (Å²) in [5.41, 5.74) is 0. The van der Waals surface area contributed by atoms with Crippen LogP contribution in [0.1, 0.15) is 37.4 Å². The number of aromatic nitrogens is 3. The largest absolute Gasteiger partial charge is 0.338 e. The van der Waals surface area contributed by atoms with Gasteiger partial charge in [-0.05, 0) is 38.1 Å². The second-order valence-corrected chi connectivity index (χ2v) is 5.66. The summed E-state index contributed by atoms with van der Waals surface area (Å²) in [5.74, 6) is 3.48. The van der Waals surface area contributed by atoms with Gasteiger partial charge in [0.15, 0.2) is 0 Å². The molecule has 2 N–H and O–H groups in total. The summed E-state index contributed by atoms with van der Waals surface area (Å²) in [5, 5.41) is 11.1. The first-order chi connectivity index (χ1) is 8.40. The molecule has 4 rings (SSSR count). The molecule has 2 saturated heterocycles. The molecular formula is C12H19N5. The molecule has 1 aliphatic carbocycles. The van der Waals surface area contributed by atoms with E-state index < -0.39 is 0 Å². The molecule has 1 saturated carbocycles. The quantitative estimate of drug-likeness (QED) is 0.796. The Morgan fingerprint density at radius 2 is 2.12 bits per heavy atom. The van der Waals surface area contributed by atoms with Crippen LogP contribution >= 0.6 is 0 Å². The van der Waals surface area contributed by atoms with E-state index in [-0.39, 0.29) is 0 Å². The molecular weight excluding hydrogens is 214 g/mol. The van der Waals surface area contributed by atoms with Crippen molar-refractivity contribution in [1.82, 2.24) is 20.5 Å². The lowest BCUT2D eigenvalue weighted by atomic mass is 9.94. The summed E-state index contributed by atoms with van der Waals surface area (Å²) in [6.07, 6.45) is 5.23. The molecule has 2 atom stereocenters. The van der Waals surface area contributed by atoms with Crippen LogP contribution in [0.15, 0.2) is 0 Å². The SMILES string of the molecule is C1CNC2CN(c3n[nH]c(C4CC4)n3)CC2C1. The van der Waals surface area contributed by atoms with E-state index in [1.807, 2.05) is 0 Å². The van der Waals surface area contributed by atoms with Crippen molar-refractivity contribution in [3.8, 4) is 0 Å². The molecule has 3 fully saturated rings. The van der Waals surface area contributed by atoms with Gasteiger partial charge < -0.3 is 10.2 Å². The van der Waals surface area contributed by atoms with Gasteiger partial charge in [-0.3, -0.25) is 5.10 Å². The van der Waals surface area contributed by atoms with Crippen LogP contribution in [-0.2, 0) is 0 Å². The van der Waals surface area contributed by atoms with Gasteiger partial charge in [0, 0.05) is 25.0 Å². The highest BCUT2D eigenvalue weighted by Gasteiger charge is 2.36. The van der Waals surface area contributed by atoms with Crippen molar-refractivity contribution in [3.05, 3.63) is 5.82 Å². The molecule has 2 aliphatic heterocycles. The number of aromatic amines is 1. The molecule has 0 spiro atoms. The fourth-order valence-electron chi connectivity index (χ4n) is 3.16. The Morgan fingerprint density at radius 3 is 2.94 bits per heavy atom. The van der Waals surface area contributed by atoms with Crippen molar-refractivity contribution in [1.29, 1.82) is 0 Å². The standard InChI is InChI=1S/C12H19N5/c1-2-9-6-17(7-10(9)13-5-1)12-14-11(15-16-12)8-3-4-8/h8-10,13H,1-7H2,(H,14,15,16). The first-order valence-electron chi connectivity index (χ1n) is 6.81. The van der Waals surface area contributed by atoms with E-state index in [2.05, 4.69) is 25.4 Å². The normalized spacial score (nSPS) is 32.8. The predicted octanol–water partition coefficient (Wildman–Crippen LogP) is 0.870. The van der Waals surface area contributed by atoms with Crippen molar-refractivity contribution >= 4 is 5.95 Å². The number of hydrogen-bond acceptors (Lipinski definition) is 4. The van der Waals surface area contributed by atoms with Crippen molar-refractivity contribution in [3.63, 3.8) is 0 Å². The van der Waals surface area contributed by atoms with E-state index in [1.54, 1.807) is 0 Å². The maximum Gasteiger partial charge on any atom is 0.244 e. The van der Waals surface area contributed by atoms with Gasteiger partial charge in [0.05, 0.1) is 0 Å². The second-order valence-electron chi connectivity index (χ2n) is 5.66. The lowest BCUT2D eigenvalue weighted by Crippen LogP contribution is -2.40. The van der Waals surface area contributed by atoms with Crippen LogP contribution in [-0.4, -0.2) is 40.9 Å². The molecule has 0 aromatic carbocycles. The highest BCUT2D eigenvalue weighted by atomic mass is 15.4. The zero-order valence-electron chi connectivity index (χ0n) is 10.0. The van der Waals surface area contributed by atoms with Crippen LogP contribution in [0, 0.1) is 5.92 Å². The minimum Gasteiger partial charge on any atom is -0.338 e. The van der Waals surface area contributed by atoms with Crippen molar-refractivity contribution in [2.24, 2.45) is 5.92 Å². The van der Waals surface area contributed by atoms with Gasteiger partial charge in [0.25, 0.3) is 0 Å². The highest BCUT2D eigenvalue weighted by Crippen LogP contribution is 2.38.